The zero-order chi connectivity index (χ0) is 12.6. The summed E-state index contributed by atoms with van der Waals surface area (Å²) in [6.07, 6.45) is 0. The van der Waals surface area contributed by atoms with Gasteiger partial charge in [-0.15, -0.1) is 0 Å². The molecule has 0 radical (unpaired) electrons. The summed E-state index contributed by atoms with van der Waals surface area (Å²) in [7, 11) is 1.70. The Morgan fingerprint density at radius 1 is 1.22 bits per heavy atom. The van der Waals surface area contributed by atoms with Crippen molar-refractivity contribution < 1.29 is 19.7 Å². The number of nitrogens with two attached hydrogens (primary N) is 1. The summed E-state index contributed by atoms with van der Waals surface area (Å²) in [5.74, 6) is 0.927. The Bertz CT molecular complexity index is 334. The number of ether oxygens (including phenoxy) is 2. The zero-order valence-corrected chi connectivity index (χ0v) is 11.2. The van der Waals surface area contributed by atoms with Crippen LogP contribution >= 0.6 is 0 Å². The maximum atomic E-state index is 5.35. The molecular weight excluding hydrogens is 228 g/mol. The quantitative estimate of drug-likeness (QED) is 0.616. The lowest BCUT2D eigenvalue weighted by atomic mass is 10.2. The van der Waals surface area contributed by atoms with Gasteiger partial charge in [0.2, 0.25) is 0 Å². The second kappa shape index (κ2) is 7.36. The minimum Gasteiger partial charge on any atom is -0.497 e. The number of hydrogen-bond donors (Lipinski definition) is 2. The maximum Gasteiger partial charge on any atom is 0.127 e. The largest absolute Gasteiger partial charge is 0.497 e. The Hall–Kier alpha value is -1.10. The monoisotopic (exact) mass is 252 g/mol. The minimum absolute atomic E-state index is 0.924. The zero-order valence-electron chi connectivity index (χ0n) is 11.2. The third-order valence-electron chi connectivity index (χ3n) is 3.44. The van der Waals surface area contributed by atoms with Gasteiger partial charge >= 0.3 is 0 Å². The van der Waals surface area contributed by atoms with Crippen molar-refractivity contribution in [1.82, 2.24) is 0 Å². The van der Waals surface area contributed by atoms with E-state index in [4.69, 9.17) is 9.47 Å². The van der Waals surface area contributed by atoms with Crippen molar-refractivity contribution >= 4 is 0 Å². The maximum absolute atomic E-state index is 5.35. The van der Waals surface area contributed by atoms with Gasteiger partial charge in [0.15, 0.2) is 0 Å². The molecule has 0 bridgehead atoms. The number of nitrogens with one attached hydrogen (secondary N) is 1. The highest BCUT2D eigenvalue weighted by molar-refractivity contribution is 5.26. The molecule has 0 aliphatic carbocycles. The molecule has 100 valence electrons. The summed E-state index contributed by atoms with van der Waals surface area (Å²) in [6, 6.07) is 8.32. The van der Waals surface area contributed by atoms with E-state index in [1.807, 2.05) is 12.1 Å². The van der Waals surface area contributed by atoms with E-state index in [0.29, 0.717) is 0 Å². The van der Waals surface area contributed by atoms with Crippen molar-refractivity contribution in [3.05, 3.63) is 29.8 Å². The van der Waals surface area contributed by atoms with E-state index >= 15 is 0 Å². The number of benzene rings is 1. The average Bonchev–Trinajstić information content (AvgIpc) is 2.45. The van der Waals surface area contributed by atoms with E-state index in [1.54, 1.807) is 12.0 Å². The van der Waals surface area contributed by atoms with Crippen molar-refractivity contribution in [3.63, 3.8) is 0 Å². The molecule has 2 rings (SSSR count). The molecule has 1 aromatic rings. The molecule has 4 nitrogen and oxygen atoms in total. The van der Waals surface area contributed by atoms with Gasteiger partial charge < -0.3 is 19.7 Å². The van der Waals surface area contributed by atoms with Crippen LogP contribution in [0.1, 0.15) is 5.56 Å². The van der Waals surface area contributed by atoms with Gasteiger partial charge in [-0.25, -0.2) is 0 Å². The predicted octanol–water partition coefficient (Wildman–Crippen LogP) is -1.33. The molecule has 1 aliphatic rings. The number of rotatable bonds is 6. The molecule has 18 heavy (non-hydrogen) atoms. The number of hydrogen-bond acceptors (Lipinski definition) is 2. The first kappa shape index (κ1) is 13.3. The molecular formula is C14H24N2O2+2. The Morgan fingerprint density at radius 2 is 1.94 bits per heavy atom. The Kier molecular flexibility index (Phi) is 5.45. The Morgan fingerprint density at radius 3 is 2.61 bits per heavy atom. The van der Waals surface area contributed by atoms with Gasteiger partial charge in [-0.3, -0.25) is 0 Å². The fourth-order valence-corrected chi connectivity index (χ4v) is 2.25. The minimum atomic E-state index is 0.924. The first-order chi connectivity index (χ1) is 8.88. The second-order valence-corrected chi connectivity index (χ2v) is 4.74. The predicted molar refractivity (Wildman–Crippen MR) is 69.9 cm³/mol. The molecule has 1 saturated heterocycles. The van der Waals surface area contributed by atoms with Crippen LogP contribution in [0.3, 0.4) is 0 Å². The molecule has 0 saturated carbocycles. The molecule has 0 spiro atoms. The van der Waals surface area contributed by atoms with Crippen LogP contribution in [0.4, 0.5) is 0 Å². The van der Waals surface area contributed by atoms with Crippen molar-refractivity contribution in [3.8, 4) is 5.75 Å². The van der Waals surface area contributed by atoms with Gasteiger partial charge in [-0.2, -0.15) is 0 Å². The molecule has 1 heterocycles. The third-order valence-corrected chi connectivity index (χ3v) is 3.44. The van der Waals surface area contributed by atoms with Crippen LogP contribution in [0.2, 0.25) is 0 Å². The van der Waals surface area contributed by atoms with Crippen molar-refractivity contribution in [1.29, 1.82) is 0 Å². The topological polar surface area (TPSA) is 39.5 Å². The summed E-state index contributed by atoms with van der Waals surface area (Å²) in [6.45, 7) is 7.64. The molecule has 4 heteroatoms. The lowest BCUT2D eigenvalue weighted by Gasteiger charge is -2.22. The van der Waals surface area contributed by atoms with Crippen molar-refractivity contribution in [2.45, 2.75) is 6.54 Å². The van der Waals surface area contributed by atoms with Crippen LogP contribution in [-0.2, 0) is 11.3 Å². The number of morpholine rings is 1. The Balaban J connectivity index is 1.62. The SMILES string of the molecule is COc1ccc(C[NH2+]CC[NH+]2CCOCC2)cc1. The summed E-state index contributed by atoms with van der Waals surface area (Å²) >= 11 is 0. The van der Waals surface area contributed by atoms with E-state index in [1.165, 1.54) is 18.7 Å². The molecule has 1 aliphatic heterocycles. The summed E-state index contributed by atoms with van der Waals surface area (Å²) in [5.41, 5.74) is 1.35. The van der Waals surface area contributed by atoms with Gasteiger partial charge in [-0.05, 0) is 24.3 Å². The molecule has 3 N–H and O–H groups in total. The molecule has 0 unspecified atom stereocenters. The molecule has 1 aromatic carbocycles. The van der Waals surface area contributed by atoms with E-state index in [-0.39, 0.29) is 0 Å². The smallest absolute Gasteiger partial charge is 0.127 e. The highest BCUT2D eigenvalue weighted by Crippen LogP contribution is 2.09. The Labute approximate surface area is 109 Å². The highest BCUT2D eigenvalue weighted by Gasteiger charge is 2.13. The van der Waals surface area contributed by atoms with Crippen LogP contribution in [0.5, 0.6) is 5.75 Å². The normalized spacial score (nSPS) is 16.7. The van der Waals surface area contributed by atoms with E-state index in [2.05, 4.69) is 17.4 Å². The van der Waals surface area contributed by atoms with Crippen LogP contribution < -0.4 is 15.0 Å². The summed E-state index contributed by atoms with van der Waals surface area (Å²) < 4.78 is 10.5. The van der Waals surface area contributed by atoms with E-state index in [9.17, 15) is 0 Å². The van der Waals surface area contributed by atoms with Gasteiger partial charge in [0.25, 0.3) is 0 Å². The van der Waals surface area contributed by atoms with Crippen molar-refractivity contribution in [2.75, 3.05) is 46.5 Å². The summed E-state index contributed by atoms with van der Waals surface area (Å²) in [5, 5.41) is 2.38. The van der Waals surface area contributed by atoms with E-state index in [0.717, 1.165) is 38.6 Å². The third kappa shape index (κ3) is 4.29. The first-order valence-electron chi connectivity index (χ1n) is 6.74. The molecule has 0 amide bonds. The fraction of sp³-hybridized carbons (Fsp3) is 0.571. The van der Waals surface area contributed by atoms with Crippen molar-refractivity contribution in [2.24, 2.45) is 0 Å². The molecule has 0 atom stereocenters. The van der Waals surface area contributed by atoms with Crippen LogP contribution in [-0.4, -0.2) is 46.5 Å². The van der Waals surface area contributed by atoms with Crippen LogP contribution in [0.25, 0.3) is 0 Å². The lowest BCUT2D eigenvalue weighted by Crippen LogP contribution is -3.16. The lowest BCUT2D eigenvalue weighted by molar-refractivity contribution is -0.920. The highest BCUT2D eigenvalue weighted by atomic mass is 16.5. The number of quaternary nitrogens is 2. The van der Waals surface area contributed by atoms with Gasteiger partial charge in [-0.1, -0.05) is 0 Å². The van der Waals surface area contributed by atoms with Crippen LogP contribution in [0, 0.1) is 0 Å². The second-order valence-electron chi connectivity index (χ2n) is 4.74. The first-order valence-corrected chi connectivity index (χ1v) is 6.74. The molecule has 0 aromatic heterocycles. The molecule has 1 fully saturated rings. The number of methoxy groups -OCH3 is 1. The summed E-state index contributed by atoms with van der Waals surface area (Å²) in [4.78, 5) is 1.67. The average molecular weight is 252 g/mol. The van der Waals surface area contributed by atoms with Gasteiger partial charge in [0, 0.05) is 5.56 Å². The fourth-order valence-electron chi connectivity index (χ4n) is 2.25. The van der Waals surface area contributed by atoms with Gasteiger partial charge in [0.05, 0.1) is 20.3 Å². The van der Waals surface area contributed by atoms with Gasteiger partial charge in [0.1, 0.15) is 38.5 Å². The van der Waals surface area contributed by atoms with E-state index < -0.39 is 0 Å². The standard InChI is InChI=1S/C14H22N2O2/c1-17-14-4-2-13(3-5-14)12-15-6-7-16-8-10-18-11-9-16/h2-5,15H,6-12H2,1H3/p+2. The van der Waals surface area contributed by atoms with Crippen LogP contribution in [0.15, 0.2) is 24.3 Å².